The molecule has 3 aliphatic heterocycles. The zero-order chi connectivity index (χ0) is 47.4. The number of nitrogens with two attached hydrogens (primary N) is 1. The fourth-order valence-electron chi connectivity index (χ4n) is 8.67. The smallest absolute Gasteiger partial charge is 0.306 e. The quantitative estimate of drug-likeness (QED) is 0.0454. The molecular weight excluding hydrogens is 835 g/mol. The predicted molar refractivity (Wildman–Crippen MR) is 245 cm³/mol. The van der Waals surface area contributed by atoms with Crippen LogP contribution in [0.1, 0.15) is 112 Å². The molecule has 1 aromatic rings. The highest BCUT2D eigenvalue weighted by atomic mass is 16.6. The number of nitrogens with one attached hydrogen (secondary N) is 4. The average Bonchev–Trinajstić information content (AvgIpc) is 4.03. The molecule has 360 valence electrons. The van der Waals surface area contributed by atoms with Crippen LogP contribution in [0.2, 0.25) is 0 Å². The highest BCUT2D eigenvalue weighted by molar-refractivity contribution is 5.98. The van der Waals surface area contributed by atoms with Gasteiger partial charge in [-0.3, -0.25) is 24.0 Å². The number of amides is 4. The van der Waals surface area contributed by atoms with Crippen molar-refractivity contribution < 1.29 is 53.1 Å². The van der Waals surface area contributed by atoms with Gasteiger partial charge in [0.05, 0.1) is 49.5 Å². The van der Waals surface area contributed by atoms with Gasteiger partial charge in [0.15, 0.2) is 0 Å². The molecule has 8 N–H and O–H groups in total. The molecule has 0 bridgehead atoms. The van der Waals surface area contributed by atoms with E-state index in [1.54, 1.807) is 26.0 Å². The van der Waals surface area contributed by atoms with Crippen LogP contribution in [0.3, 0.4) is 0 Å². The highest BCUT2D eigenvalue weighted by Crippen LogP contribution is 2.43. The molecule has 0 radical (unpaired) electrons. The van der Waals surface area contributed by atoms with E-state index in [-0.39, 0.29) is 72.9 Å². The second-order valence-electron chi connectivity index (χ2n) is 19.0. The Hall–Kier alpha value is -4.45. The van der Waals surface area contributed by atoms with Crippen molar-refractivity contribution in [2.24, 2.45) is 17.6 Å². The van der Waals surface area contributed by atoms with Crippen LogP contribution in [0.5, 0.6) is 0 Å². The lowest BCUT2D eigenvalue weighted by Crippen LogP contribution is -2.51. The number of aryl methyl sites for hydroxylation is 1. The lowest BCUT2D eigenvalue weighted by atomic mass is 9.87. The lowest BCUT2D eigenvalue weighted by Gasteiger charge is -2.39. The summed E-state index contributed by atoms with van der Waals surface area (Å²) in [6.07, 6.45) is 10.5. The number of hydrogen-bond acceptors (Lipinski definition) is 12. The Bertz CT molecular complexity index is 1890. The summed E-state index contributed by atoms with van der Waals surface area (Å²) in [6, 6.07) is 5.47. The third-order valence-corrected chi connectivity index (χ3v) is 13.0. The third kappa shape index (κ3) is 15.6. The first-order valence-electron chi connectivity index (χ1n) is 23.4. The number of hydrogen-bond donors (Lipinski definition) is 7. The first-order valence-corrected chi connectivity index (χ1v) is 23.4. The maximum Gasteiger partial charge on any atom is 0.306 e. The number of epoxide rings is 1. The van der Waals surface area contributed by atoms with Crippen LogP contribution in [0.15, 0.2) is 60.2 Å². The van der Waals surface area contributed by atoms with Crippen molar-refractivity contribution in [2.45, 2.75) is 185 Å². The van der Waals surface area contributed by atoms with E-state index in [4.69, 9.17) is 24.7 Å². The molecule has 1 aliphatic carbocycles. The highest BCUT2D eigenvalue weighted by Gasteiger charge is 2.58. The number of aliphatic hydroxyl groups is 2. The van der Waals surface area contributed by atoms with Gasteiger partial charge in [-0.05, 0) is 96.1 Å². The van der Waals surface area contributed by atoms with Gasteiger partial charge in [0, 0.05) is 30.6 Å². The number of carbonyl (C=O) groups is 5. The molecule has 1 unspecified atom stereocenters. The fraction of sp³-hybridized carbons (Fsp3) is 0.653. The lowest BCUT2D eigenvalue weighted by molar-refractivity contribution is -0.151. The summed E-state index contributed by atoms with van der Waals surface area (Å²) in [7, 11) is 0. The molecule has 3 saturated heterocycles. The van der Waals surface area contributed by atoms with E-state index in [2.05, 4.69) is 34.3 Å². The Labute approximate surface area is 383 Å². The molecule has 16 nitrogen and oxygen atoms in total. The van der Waals surface area contributed by atoms with Crippen molar-refractivity contribution in [3.63, 3.8) is 0 Å². The van der Waals surface area contributed by atoms with Gasteiger partial charge in [-0.1, -0.05) is 68.8 Å². The number of para-hydroxylation sites is 1. The Morgan fingerprint density at radius 3 is 2.37 bits per heavy atom. The molecule has 4 fully saturated rings. The molecule has 1 saturated carbocycles. The van der Waals surface area contributed by atoms with Crippen LogP contribution in [0.4, 0.5) is 5.69 Å². The first-order chi connectivity index (χ1) is 30.8. The van der Waals surface area contributed by atoms with Gasteiger partial charge < -0.3 is 56.2 Å². The van der Waals surface area contributed by atoms with Crippen LogP contribution in [0.25, 0.3) is 0 Å². The van der Waals surface area contributed by atoms with E-state index < -0.39 is 53.9 Å². The zero-order valence-corrected chi connectivity index (χ0v) is 39.1. The van der Waals surface area contributed by atoms with E-state index in [9.17, 15) is 34.2 Å². The SMILES string of the molecule is CC(/C=C/[C@H]1O[C@H](CC(=O)N[C@H]2CC[C@@H](OC(=O)CCc3ccccc3NC(=O)[C@H](C)NC(=O)[C@@H](N)C(C)C)CC2)C[C@@]2(CO2)[C@@H]1O)=C\C[C@@H]1O[C@H](C)C(NC(=O)/C=C\[C@H](C)O)C[C@@H]1C. The topological polar surface area (TPSA) is 240 Å². The third-order valence-electron chi connectivity index (χ3n) is 13.0. The number of benzene rings is 1. The summed E-state index contributed by atoms with van der Waals surface area (Å²) in [4.78, 5) is 63.7. The summed E-state index contributed by atoms with van der Waals surface area (Å²) in [5, 5.41) is 32.2. The van der Waals surface area contributed by atoms with Crippen LogP contribution in [-0.2, 0) is 49.3 Å². The Kier molecular flexibility index (Phi) is 18.9. The standard InChI is InChI=1S/C49H73N5O11/c1-28(2)45(50)48(61)51-32(6)47(60)54-38-11-9-8-10-34(38)15-23-44(58)65-36-18-16-35(17-19-36)52-43(57)25-37-26-49(27-62-49)46(59)41(64-37)21-13-29(3)12-20-40-30(4)24-39(33(7)63-40)53-42(56)22-14-31(5)55/h8-14,21-22,28,30-33,35-37,39-41,45-46,55,59H,15-20,23-27,50H2,1-7H3,(H,51,61)(H,52,57)(H,53,56)(H,54,60)/b21-13+,22-14-,29-12+/t30-,31-,32-,33+,35-,36+,37+,39?,40-,41+,45-,46+,49+/m0/s1. The number of allylic oxidation sites excluding steroid dienone is 2. The number of aliphatic hydroxyl groups excluding tert-OH is 2. The Morgan fingerprint density at radius 2 is 1.69 bits per heavy atom. The summed E-state index contributed by atoms with van der Waals surface area (Å²) < 4.78 is 24.1. The molecule has 1 aromatic carbocycles. The summed E-state index contributed by atoms with van der Waals surface area (Å²) in [5.41, 5.74) is 7.48. The summed E-state index contributed by atoms with van der Waals surface area (Å²) in [6.45, 7) is 13.3. The van der Waals surface area contributed by atoms with Gasteiger partial charge in [-0.2, -0.15) is 0 Å². The maximum atomic E-state index is 13.3. The van der Waals surface area contributed by atoms with Crippen LogP contribution >= 0.6 is 0 Å². The minimum atomic E-state index is -0.867. The second-order valence-corrected chi connectivity index (χ2v) is 19.0. The summed E-state index contributed by atoms with van der Waals surface area (Å²) >= 11 is 0. The number of esters is 1. The van der Waals surface area contributed by atoms with E-state index >= 15 is 0 Å². The Balaban J connectivity index is 1.02. The maximum absolute atomic E-state index is 13.3. The van der Waals surface area contributed by atoms with E-state index in [0.29, 0.717) is 57.2 Å². The van der Waals surface area contributed by atoms with Gasteiger partial charge in [-0.15, -0.1) is 0 Å². The number of carbonyl (C=O) groups excluding carboxylic acids is 5. The van der Waals surface area contributed by atoms with Crippen molar-refractivity contribution >= 4 is 35.3 Å². The van der Waals surface area contributed by atoms with Crippen molar-refractivity contribution in [1.29, 1.82) is 0 Å². The monoisotopic (exact) mass is 908 g/mol. The van der Waals surface area contributed by atoms with Gasteiger partial charge in [0.2, 0.25) is 23.6 Å². The number of anilines is 1. The summed E-state index contributed by atoms with van der Waals surface area (Å²) in [5.74, 6) is -1.41. The van der Waals surface area contributed by atoms with Gasteiger partial charge in [0.25, 0.3) is 0 Å². The second kappa shape index (κ2) is 23.8. The van der Waals surface area contributed by atoms with Crippen LogP contribution in [0, 0.1) is 11.8 Å². The van der Waals surface area contributed by atoms with Gasteiger partial charge in [-0.25, -0.2) is 0 Å². The van der Waals surface area contributed by atoms with E-state index in [0.717, 1.165) is 17.6 Å². The van der Waals surface area contributed by atoms with E-state index in [1.165, 1.54) is 12.2 Å². The average molecular weight is 908 g/mol. The predicted octanol–water partition coefficient (Wildman–Crippen LogP) is 3.82. The van der Waals surface area contributed by atoms with Crippen molar-refractivity contribution in [3.8, 4) is 0 Å². The zero-order valence-electron chi connectivity index (χ0n) is 39.1. The molecular formula is C49H73N5O11. The largest absolute Gasteiger partial charge is 0.462 e. The number of ether oxygens (including phenoxy) is 4. The van der Waals surface area contributed by atoms with Gasteiger partial charge in [0.1, 0.15) is 30.0 Å². The molecule has 4 aliphatic rings. The van der Waals surface area contributed by atoms with Gasteiger partial charge >= 0.3 is 5.97 Å². The number of rotatable bonds is 19. The normalized spacial score (nSPS) is 30.7. The molecule has 0 aromatic heterocycles. The van der Waals surface area contributed by atoms with Crippen molar-refractivity contribution in [3.05, 3.63) is 65.8 Å². The van der Waals surface area contributed by atoms with Crippen LogP contribution < -0.4 is 27.0 Å². The molecule has 3 heterocycles. The minimum absolute atomic E-state index is 0.0289. The molecule has 16 heteroatoms. The first kappa shape index (κ1) is 51.5. The van der Waals surface area contributed by atoms with E-state index in [1.807, 2.05) is 52.0 Å². The van der Waals surface area contributed by atoms with Crippen molar-refractivity contribution in [1.82, 2.24) is 16.0 Å². The molecule has 11 atom stereocenters. The fourth-order valence-corrected chi connectivity index (χ4v) is 8.67. The molecule has 5 rings (SSSR count). The molecule has 65 heavy (non-hydrogen) atoms. The van der Waals surface area contributed by atoms with Crippen LogP contribution in [-0.4, -0.2) is 119 Å². The minimum Gasteiger partial charge on any atom is -0.462 e. The molecule has 4 amide bonds. The molecule has 1 spiro atoms. The van der Waals surface area contributed by atoms with Crippen molar-refractivity contribution in [2.75, 3.05) is 11.9 Å². The Morgan fingerprint density at radius 1 is 0.985 bits per heavy atom.